The number of nitrogens with zero attached hydrogens (tertiary/aromatic N) is 1. The number of aliphatic hydroxyl groups excluding tert-OH is 1. The van der Waals surface area contributed by atoms with Crippen molar-refractivity contribution in [1.29, 1.82) is 0 Å². The molecule has 0 saturated heterocycles. The third-order valence-electron chi connectivity index (χ3n) is 2.65. The second-order valence-corrected chi connectivity index (χ2v) is 4.26. The van der Waals surface area contributed by atoms with Crippen molar-refractivity contribution in [3.63, 3.8) is 0 Å². The second kappa shape index (κ2) is 14.2. The molecule has 0 aromatic heterocycles. The van der Waals surface area contributed by atoms with Gasteiger partial charge in [-0.3, -0.25) is 4.79 Å². The summed E-state index contributed by atoms with van der Waals surface area (Å²) < 4.78 is 12.7. The summed E-state index contributed by atoms with van der Waals surface area (Å²) >= 11 is 0. The smallest absolute Gasteiger partial charge is 0.643 e. The van der Waals surface area contributed by atoms with Gasteiger partial charge in [-0.25, -0.2) is 0 Å². The van der Waals surface area contributed by atoms with Crippen LogP contribution in [0, 0.1) is 0 Å². The van der Waals surface area contributed by atoms with Crippen molar-refractivity contribution in [2.24, 2.45) is 5.73 Å². The van der Waals surface area contributed by atoms with Gasteiger partial charge < -0.3 is 21.0 Å². The van der Waals surface area contributed by atoms with Gasteiger partial charge in [0.05, 0.1) is 11.7 Å². The fraction of sp³-hybridized carbons (Fsp3) is 0.692. The molecule has 0 radical (unpaired) electrons. The van der Waals surface area contributed by atoms with E-state index in [0.717, 1.165) is 0 Å². The van der Waals surface area contributed by atoms with Crippen LogP contribution in [0.2, 0.25) is 0 Å². The first-order chi connectivity index (χ1) is 9.01. The molecule has 0 rings (SSSR count). The molecule has 3 N–H and O–H groups in total. The van der Waals surface area contributed by atoms with E-state index in [-0.39, 0.29) is 70.0 Å². The van der Waals surface area contributed by atoms with Crippen molar-refractivity contribution in [2.45, 2.75) is 51.5 Å². The summed E-state index contributed by atoms with van der Waals surface area (Å²) in [6, 6.07) is -2.78. The second-order valence-electron chi connectivity index (χ2n) is 4.26. The van der Waals surface area contributed by atoms with Crippen LogP contribution in [0.4, 0.5) is 4.39 Å². The van der Waals surface area contributed by atoms with Crippen molar-refractivity contribution < 1.29 is 70.5 Å². The molecular weight excluding hydrogens is 290 g/mol. The van der Waals surface area contributed by atoms with Crippen LogP contribution in [0.5, 0.6) is 0 Å². The maximum Gasteiger partial charge on any atom is 1.00 e. The number of halogens is 1. The Morgan fingerprint density at radius 2 is 1.95 bits per heavy atom. The molecule has 0 fully saturated rings. The summed E-state index contributed by atoms with van der Waals surface area (Å²) in [6.07, 6.45) is 3.88. The summed E-state index contributed by atoms with van der Waals surface area (Å²) in [5.74, 6) is -0.304. The van der Waals surface area contributed by atoms with Gasteiger partial charge in [-0.05, 0) is 44.8 Å². The van der Waals surface area contributed by atoms with E-state index >= 15 is 0 Å². The van der Waals surface area contributed by atoms with Crippen LogP contribution in [0.3, 0.4) is 0 Å². The molecule has 0 saturated carbocycles. The molecule has 0 aliphatic carbocycles. The summed E-state index contributed by atoms with van der Waals surface area (Å²) in [7, 11) is 0. The minimum atomic E-state index is -1.58. The molecular formula is C13H22FKN2O3. The van der Waals surface area contributed by atoms with Crippen LogP contribution in [-0.2, 0) is 9.59 Å². The Hall–Kier alpha value is 0.206. The first-order valence-electron chi connectivity index (χ1n) is 6.48. The monoisotopic (exact) mass is 312 g/mol. The molecule has 0 aromatic carbocycles. The van der Waals surface area contributed by atoms with Gasteiger partial charge in [0.1, 0.15) is 0 Å². The molecule has 110 valence electrons. The maximum absolute atomic E-state index is 12.7. The Labute approximate surface area is 162 Å². The maximum atomic E-state index is 12.7. The van der Waals surface area contributed by atoms with Gasteiger partial charge in [-0.1, -0.05) is 12.8 Å². The average molecular weight is 312 g/mol. The zero-order valence-electron chi connectivity index (χ0n) is 12.3. The fourth-order valence-electron chi connectivity index (χ4n) is 1.51. The molecule has 5 nitrogen and oxygen atoms in total. The zero-order valence-corrected chi connectivity index (χ0v) is 15.4. The molecule has 0 aromatic rings. The van der Waals surface area contributed by atoms with Gasteiger partial charge in [0.2, 0.25) is 0 Å². The summed E-state index contributed by atoms with van der Waals surface area (Å²) in [5, 5.41) is 12.7. The number of unbranched alkanes of at least 4 members (excludes halogenated alkanes) is 1. The molecule has 0 aliphatic heterocycles. The van der Waals surface area contributed by atoms with E-state index in [9.17, 15) is 19.1 Å². The topological polar surface area (TPSA) is 94.5 Å². The van der Waals surface area contributed by atoms with Crippen molar-refractivity contribution >= 4 is 11.9 Å². The number of carbonyl (C=O) groups excluding carboxylic acids is 2. The van der Waals surface area contributed by atoms with E-state index in [0.29, 0.717) is 32.2 Å². The van der Waals surface area contributed by atoms with Gasteiger partial charge in [0.15, 0.2) is 0 Å². The van der Waals surface area contributed by atoms with Crippen molar-refractivity contribution in [2.75, 3.05) is 6.54 Å². The Bertz CT molecular complexity index is 325. The minimum absolute atomic E-state index is 0. The first kappa shape index (κ1) is 22.5. The number of allylic oxidation sites excluding steroid dienone is 2. The predicted molar refractivity (Wildman–Crippen MR) is 71.4 cm³/mol. The Morgan fingerprint density at radius 3 is 2.45 bits per heavy atom. The van der Waals surface area contributed by atoms with E-state index in [2.05, 4.69) is 5.32 Å². The number of amides is 1. The molecule has 0 bridgehead atoms. The molecule has 1 atom stereocenters. The Kier molecular flexibility index (Phi) is 15.9. The molecule has 0 heterocycles. The van der Waals surface area contributed by atoms with Gasteiger partial charge in [-0.2, -0.15) is 4.39 Å². The fourth-order valence-corrected chi connectivity index (χ4v) is 1.51. The Morgan fingerprint density at radius 1 is 1.30 bits per heavy atom. The number of rotatable bonds is 10. The SMILES string of the molecule is C/C=C(\O)CCCC(=O)[N-]C(CCCCN)C(=O)F.[K+]. The van der Waals surface area contributed by atoms with Gasteiger partial charge >= 0.3 is 51.4 Å². The largest absolute Gasteiger partial charge is 1.00 e. The third kappa shape index (κ3) is 12.0. The van der Waals surface area contributed by atoms with E-state index < -0.39 is 18.0 Å². The van der Waals surface area contributed by atoms with Crippen molar-refractivity contribution in [3.8, 4) is 0 Å². The van der Waals surface area contributed by atoms with Crippen LogP contribution < -0.4 is 57.1 Å². The first-order valence-corrected chi connectivity index (χ1v) is 6.48. The van der Waals surface area contributed by atoms with Crippen molar-refractivity contribution in [1.82, 2.24) is 0 Å². The molecule has 20 heavy (non-hydrogen) atoms. The zero-order chi connectivity index (χ0) is 14.7. The Balaban J connectivity index is 0. The molecule has 1 unspecified atom stereocenters. The van der Waals surface area contributed by atoms with Gasteiger partial charge in [0, 0.05) is 6.42 Å². The minimum Gasteiger partial charge on any atom is -0.643 e. The number of aliphatic hydroxyl groups is 1. The predicted octanol–water partition coefficient (Wildman–Crippen LogP) is -0.483. The van der Waals surface area contributed by atoms with Gasteiger partial charge in [0.25, 0.3) is 6.04 Å². The van der Waals surface area contributed by atoms with Crippen LogP contribution in [0.1, 0.15) is 45.4 Å². The quantitative estimate of drug-likeness (QED) is 0.246. The summed E-state index contributed by atoms with van der Waals surface area (Å²) in [6.45, 7) is 2.15. The summed E-state index contributed by atoms with van der Waals surface area (Å²) in [4.78, 5) is 22.2. The average Bonchev–Trinajstić information content (AvgIpc) is 2.37. The van der Waals surface area contributed by atoms with Crippen LogP contribution in [-0.4, -0.2) is 29.6 Å². The molecule has 1 amide bonds. The van der Waals surface area contributed by atoms with Gasteiger partial charge in [-0.15, -0.1) is 0 Å². The number of hydrogen-bond donors (Lipinski definition) is 2. The number of hydrogen-bond acceptors (Lipinski definition) is 4. The van der Waals surface area contributed by atoms with Crippen LogP contribution in [0.25, 0.3) is 5.32 Å². The molecule has 0 spiro atoms. The normalized spacial score (nSPS) is 12.4. The van der Waals surface area contributed by atoms with Crippen molar-refractivity contribution in [3.05, 3.63) is 17.2 Å². The van der Waals surface area contributed by atoms with Crippen LogP contribution in [0.15, 0.2) is 11.8 Å². The van der Waals surface area contributed by atoms with E-state index in [4.69, 9.17) is 5.73 Å². The van der Waals surface area contributed by atoms with E-state index in [1.54, 1.807) is 13.0 Å². The van der Waals surface area contributed by atoms with E-state index in [1.165, 1.54) is 0 Å². The summed E-state index contributed by atoms with van der Waals surface area (Å²) in [5.41, 5.74) is 5.29. The third-order valence-corrected chi connectivity index (χ3v) is 2.65. The number of carbonyl (C=O) groups is 2. The van der Waals surface area contributed by atoms with Crippen LogP contribution >= 0.6 is 0 Å². The molecule has 0 aliphatic rings. The standard InChI is InChI=1S/C13H23FN2O3.K/c1-2-10(17)6-5-8-12(18)16-11(13(14)19)7-3-4-9-15;/h2,11H,3-9,15H2,1H3,(H2,16,17,18);/q;+1/p-1/b10-2-;. The number of nitrogens with two attached hydrogens (primary N) is 1. The molecule has 7 heteroatoms. The van der Waals surface area contributed by atoms with E-state index in [1.807, 2.05) is 0 Å².